The molecule has 3 heterocycles. The first-order chi connectivity index (χ1) is 16.5. The third-order valence-corrected chi connectivity index (χ3v) is 5.57. The SMILES string of the molecule is CC(C)(C)OC(=O)N1CC=C(c2cnc3c(NCCCO)nc4cc(C(F)(F)F)ccc4n23)CC1. The molecule has 35 heavy (non-hydrogen) atoms. The molecular formula is C24H28F3N5O3. The van der Waals surface area contributed by atoms with Gasteiger partial charge in [0.25, 0.3) is 0 Å². The van der Waals surface area contributed by atoms with Crippen molar-refractivity contribution in [2.45, 2.75) is 45.4 Å². The minimum Gasteiger partial charge on any atom is -0.444 e. The van der Waals surface area contributed by atoms with Gasteiger partial charge in [0.1, 0.15) is 5.60 Å². The van der Waals surface area contributed by atoms with Gasteiger partial charge in [0, 0.05) is 26.2 Å². The Morgan fingerprint density at radius 1 is 1.26 bits per heavy atom. The van der Waals surface area contributed by atoms with E-state index in [2.05, 4.69) is 15.3 Å². The third kappa shape index (κ3) is 5.34. The van der Waals surface area contributed by atoms with E-state index in [1.165, 1.54) is 6.07 Å². The Labute approximate surface area is 200 Å². The van der Waals surface area contributed by atoms with Gasteiger partial charge in [-0.15, -0.1) is 0 Å². The second-order valence-corrected chi connectivity index (χ2v) is 9.37. The Kier molecular flexibility index (Phi) is 6.63. The molecule has 3 aromatic rings. The monoisotopic (exact) mass is 491 g/mol. The molecule has 0 saturated carbocycles. The smallest absolute Gasteiger partial charge is 0.416 e. The first-order valence-corrected chi connectivity index (χ1v) is 11.4. The van der Waals surface area contributed by atoms with Crippen molar-refractivity contribution in [1.82, 2.24) is 19.3 Å². The minimum absolute atomic E-state index is 0.0319. The van der Waals surface area contributed by atoms with Crippen LogP contribution in [-0.4, -0.2) is 62.3 Å². The molecule has 4 rings (SSSR count). The van der Waals surface area contributed by atoms with Crippen molar-refractivity contribution in [1.29, 1.82) is 0 Å². The summed E-state index contributed by atoms with van der Waals surface area (Å²) in [6.45, 7) is 6.57. The molecule has 2 N–H and O–H groups in total. The van der Waals surface area contributed by atoms with E-state index in [9.17, 15) is 18.0 Å². The number of halogens is 3. The summed E-state index contributed by atoms with van der Waals surface area (Å²) >= 11 is 0. The lowest BCUT2D eigenvalue weighted by Gasteiger charge is -2.29. The van der Waals surface area contributed by atoms with Crippen molar-refractivity contribution in [2.75, 3.05) is 31.6 Å². The van der Waals surface area contributed by atoms with E-state index in [1.807, 2.05) is 26.8 Å². The van der Waals surface area contributed by atoms with Gasteiger partial charge in [-0.3, -0.25) is 4.40 Å². The summed E-state index contributed by atoms with van der Waals surface area (Å²) in [5.74, 6) is 0.336. The normalized spacial score (nSPS) is 14.9. The fourth-order valence-electron chi connectivity index (χ4n) is 3.94. The number of fused-ring (bicyclic) bond motifs is 3. The maximum absolute atomic E-state index is 13.4. The van der Waals surface area contributed by atoms with Crippen LogP contribution in [0.15, 0.2) is 30.5 Å². The van der Waals surface area contributed by atoms with Crippen molar-refractivity contribution < 1.29 is 27.8 Å². The predicted molar refractivity (Wildman–Crippen MR) is 126 cm³/mol. The molecule has 11 heteroatoms. The van der Waals surface area contributed by atoms with Crippen LogP contribution >= 0.6 is 0 Å². The zero-order valence-electron chi connectivity index (χ0n) is 19.8. The van der Waals surface area contributed by atoms with E-state index in [0.29, 0.717) is 49.5 Å². The highest BCUT2D eigenvalue weighted by atomic mass is 19.4. The van der Waals surface area contributed by atoms with Crippen molar-refractivity contribution in [2.24, 2.45) is 0 Å². The Morgan fingerprint density at radius 2 is 2.03 bits per heavy atom. The number of alkyl halides is 3. The van der Waals surface area contributed by atoms with Crippen LogP contribution in [0, 0.1) is 0 Å². The second-order valence-electron chi connectivity index (χ2n) is 9.37. The Bertz CT molecular complexity index is 1280. The number of aliphatic hydroxyl groups excluding tert-OH is 1. The van der Waals surface area contributed by atoms with Gasteiger partial charge < -0.3 is 20.1 Å². The largest absolute Gasteiger partial charge is 0.444 e. The zero-order chi connectivity index (χ0) is 25.4. The molecular weight excluding hydrogens is 463 g/mol. The van der Waals surface area contributed by atoms with Crippen LogP contribution in [0.3, 0.4) is 0 Å². The maximum Gasteiger partial charge on any atom is 0.416 e. The number of rotatable bonds is 5. The molecule has 2 aromatic heterocycles. The molecule has 1 amide bonds. The topological polar surface area (TPSA) is 92.0 Å². The number of ether oxygens (including phenoxy) is 1. The molecule has 0 spiro atoms. The van der Waals surface area contributed by atoms with E-state index in [1.54, 1.807) is 15.5 Å². The van der Waals surface area contributed by atoms with E-state index < -0.39 is 23.4 Å². The molecule has 1 aliphatic rings. The standard InChI is InChI=1S/C24H28F3N5O3/c1-23(2,3)35-22(34)31-10-7-15(8-11-31)19-14-29-21-20(28-9-4-12-33)30-17-13-16(24(25,26)27)5-6-18(17)32(19)21/h5-7,13-14,33H,4,8-12H2,1-3H3,(H,28,30). The number of amides is 1. The number of hydrogen-bond acceptors (Lipinski definition) is 6. The third-order valence-electron chi connectivity index (χ3n) is 5.57. The van der Waals surface area contributed by atoms with E-state index >= 15 is 0 Å². The summed E-state index contributed by atoms with van der Waals surface area (Å²) in [7, 11) is 0. The molecule has 0 aliphatic carbocycles. The number of nitrogens with one attached hydrogen (secondary N) is 1. The summed E-state index contributed by atoms with van der Waals surface area (Å²) in [6, 6.07) is 3.46. The molecule has 0 saturated heterocycles. The molecule has 0 radical (unpaired) electrons. The van der Waals surface area contributed by atoms with Gasteiger partial charge in [0.2, 0.25) is 0 Å². The fourth-order valence-corrected chi connectivity index (χ4v) is 3.94. The minimum atomic E-state index is -4.50. The van der Waals surface area contributed by atoms with Crippen LogP contribution in [0.5, 0.6) is 0 Å². The van der Waals surface area contributed by atoms with Crippen molar-refractivity contribution in [3.8, 4) is 0 Å². The van der Waals surface area contributed by atoms with E-state index in [-0.39, 0.29) is 12.1 Å². The van der Waals surface area contributed by atoms with Crippen molar-refractivity contribution in [3.63, 3.8) is 0 Å². The number of anilines is 1. The van der Waals surface area contributed by atoms with Crippen LogP contribution in [0.25, 0.3) is 22.3 Å². The first kappa shape index (κ1) is 24.8. The number of carbonyl (C=O) groups excluding carboxylic acids is 1. The number of imidazole rings is 1. The van der Waals surface area contributed by atoms with E-state index in [4.69, 9.17) is 9.84 Å². The van der Waals surface area contributed by atoms with Crippen LogP contribution in [0.1, 0.15) is 44.9 Å². The number of aliphatic hydroxyl groups is 1. The summed E-state index contributed by atoms with van der Waals surface area (Å²) in [5, 5.41) is 12.2. The van der Waals surface area contributed by atoms with Crippen molar-refractivity contribution in [3.05, 3.63) is 41.7 Å². The molecule has 1 aliphatic heterocycles. The van der Waals surface area contributed by atoms with Crippen LogP contribution < -0.4 is 5.32 Å². The van der Waals surface area contributed by atoms with Gasteiger partial charge in [-0.2, -0.15) is 13.2 Å². The summed E-state index contributed by atoms with van der Waals surface area (Å²) in [5.41, 5.74) is 1.40. The van der Waals surface area contributed by atoms with Gasteiger partial charge in [-0.1, -0.05) is 6.08 Å². The molecule has 0 unspecified atom stereocenters. The Balaban J connectivity index is 1.75. The molecule has 8 nitrogen and oxygen atoms in total. The second kappa shape index (κ2) is 9.37. The summed E-state index contributed by atoms with van der Waals surface area (Å²) in [6.07, 6.45) is -0.329. The Morgan fingerprint density at radius 3 is 2.66 bits per heavy atom. The van der Waals surface area contributed by atoms with Gasteiger partial charge in [0.15, 0.2) is 11.5 Å². The van der Waals surface area contributed by atoms with Crippen LogP contribution in [0.4, 0.5) is 23.8 Å². The molecule has 0 atom stereocenters. The van der Waals surface area contributed by atoms with Gasteiger partial charge >= 0.3 is 12.3 Å². The van der Waals surface area contributed by atoms with Crippen LogP contribution in [-0.2, 0) is 10.9 Å². The van der Waals surface area contributed by atoms with Gasteiger partial charge in [-0.25, -0.2) is 14.8 Å². The summed E-state index contributed by atoms with van der Waals surface area (Å²) in [4.78, 5) is 22.9. The quantitative estimate of drug-likeness (QED) is 0.502. The lowest BCUT2D eigenvalue weighted by Crippen LogP contribution is -2.39. The average Bonchev–Trinajstić information content (AvgIpc) is 3.23. The average molecular weight is 492 g/mol. The molecule has 0 fully saturated rings. The number of carbonyl (C=O) groups is 1. The highest BCUT2D eigenvalue weighted by Crippen LogP contribution is 2.34. The number of aromatic nitrogens is 3. The van der Waals surface area contributed by atoms with Gasteiger partial charge in [-0.05, 0) is 57.4 Å². The highest BCUT2D eigenvalue weighted by Gasteiger charge is 2.31. The lowest BCUT2D eigenvalue weighted by molar-refractivity contribution is -0.137. The Hall–Kier alpha value is -3.34. The molecule has 0 bridgehead atoms. The van der Waals surface area contributed by atoms with Crippen molar-refractivity contribution >= 4 is 34.2 Å². The zero-order valence-corrected chi connectivity index (χ0v) is 19.8. The fraction of sp³-hybridized carbons (Fsp3) is 0.458. The van der Waals surface area contributed by atoms with Gasteiger partial charge in [0.05, 0.1) is 28.5 Å². The first-order valence-electron chi connectivity index (χ1n) is 11.4. The molecule has 188 valence electrons. The lowest BCUT2D eigenvalue weighted by atomic mass is 10.1. The number of benzene rings is 1. The summed E-state index contributed by atoms with van der Waals surface area (Å²) < 4.78 is 47.3. The highest BCUT2D eigenvalue weighted by molar-refractivity contribution is 5.86. The maximum atomic E-state index is 13.4. The number of nitrogens with zero attached hydrogens (tertiary/aromatic N) is 4. The van der Waals surface area contributed by atoms with Crippen LogP contribution in [0.2, 0.25) is 0 Å². The predicted octanol–water partition coefficient (Wildman–Crippen LogP) is 4.72. The number of hydrogen-bond donors (Lipinski definition) is 2. The van der Waals surface area contributed by atoms with E-state index in [0.717, 1.165) is 23.4 Å². The molecule has 1 aromatic carbocycles.